The fourth-order valence-electron chi connectivity index (χ4n) is 2.29. The van der Waals surface area contributed by atoms with Crippen LogP contribution in [-0.4, -0.2) is 12.6 Å². The molecule has 0 spiro atoms. The topological polar surface area (TPSA) is 12.0 Å². The summed E-state index contributed by atoms with van der Waals surface area (Å²) in [5, 5.41) is 3.66. The molecule has 1 heteroatoms. The van der Waals surface area contributed by atoms with Crippen molar-refractivity contribution < 1.29 is 0 Å². The minimum Gasteiger partial charge on any atom is -0.313 e. The molecule has 0 radical (unpaired) electrons. The SMILES string of the molecule is CC(C)CCCNC1CC1c1ccccc1. The quantitative estimate of drug-likeness (QED) is 0.718. The van der Waals surface area contributed by atoms with Gasteiger partial charge in [-0.3, -0.25) is 0 Å². The summed E-state index contributed by atoms with van der Waals surface area (Å²) in [6.45, 7) is 5.78. The molecule has 1 fully saturated rings. The molecule has 2 atom stereocenters. The van der Waals surface area contributed by atoms with Crippen LogP contribution in [0.1, 0.15) is 44.6 Å². The first-order valence-corrected chi connectivity index (χ1v) is 6.55. The van der Waals surface area contributed by atoms with Crippen LogP contribution in [0.3, 0.4) is 0 Å². The molecule has 0 saturated heterocycles. The summed E-state index contributed by atoms with van der Waals surface area (Å²) in [6, 6.07) is 11.6. The van der Waals surface area contributed by atoms with Crippen LogP contribution in [0.2, 0.25) is 0 Å². The lowest BCUT2D eigenvalue weighted by Crippen LogP contribution is -2.19. The zero-order chi connectivity index (χ0) is 11.4. The molecule has 0 heterocycles. The third-order valence-electron chi connectivity index (χ3n) is 3.38. The first-order valence-electron chi connectivity index (χ1n) is 6.55. The van der Waals surface area contributed by atoms with Crippen molar-refractivity contribution in [3.05, 3.63) is 35.9 Å². The average Bonchev–Trinajstić information content (AvgIpc) is 3.05. The summed E-state index contributed by atoms with van der Waals surface area (Å²) in [5.41, 5.74) is 1.50. The van der Waals surface area contributed by atoms with Gasteiger partial charge in [0.2, 0.25) is 0 Å². The van der Waals surface area contributed by atoms with E-state index in [1.165, 1.54) is 31.4 Å². The molecule has 1 saturated carbocycles. The highest BCUT2D eigenvalue weighted by Gasteiger charge is 2.37. The summed E-state index contributed by atoms with van der Waals surface area (Å²) >= 11 is 0. The van der Waals surface area contributed by atoms with E-state index < -0.39 is 0 Å². The molecular formula is C15H23N. The average molecular weight is 217 g/mol. The van der Waals surface area contributed by atoms with Gasteiger partial charge in [-0.2, -0.15) is 0 Å². The highest BCUT2D eigenvalue weighted by Crippen LogP contribution is 2.40. The molecule has 88 valence electrons. The van der Waals surface area contributed by atoms with E-state index in [0.29, 0.717) is 0 Å². The summed E-state index contributed by atoms with van der Waals surface area (Å²) < 4.78 is 0. The van der Waals surface area contributed by atoms with Gasteiger partial charge in [0.25, 0.3) is 0 Å². The number of rotatable bonds is 6. The predicted octanol–water partition coefficient (Wildman–Crippen LogP) is 3.57. The van der Waals surface area contributed by atoms with Crippen molar-refractivity contribution in [1.82, 2.24) is 5.32 Å². The van der Waals surface area contributed by atoms with Gasteiger partial charge < -0.3 is 5.32 Å². The second-order valence-electron chi connectivity index (χ2n) is 5.35. The third kappa shape index (κ3) is 3.34. The molecule has 2 unspecified atom stereocenters. The molecule has 0 amide bonds. The van der Waals surface area contributed by atoms with Crippen LogP contribution >= 0.6 is 0 Å². The Kier molecular flexibility index (Phi) is 4.00. The first-order chi connectivity index (χ1) is 7.77. The lowest BCUT2D eigenvalue weighted by molar-refractivity contribution is 0.524. The van der Waals surface area contributed by atoms with Crippen LogP contribution < -0.4 is 5.32 Å². The lowest BCUT2D eigenvalue weighted by atomic mass is 10.1. The maximum absolute atomic E-state index is 3.66. The van der Waals surface area contributed by atoms with Gasteiger partial charge in [-0.25, -0.2) is 0 Å². The Labute approximate surface area is 99.3 Å². The van der Waals surface area contributed by atoms with E-state index >= 15 is 0 Å². The van der Waals surface area contributed by atoms with Crippen molar-refractivity contribution in [1.29, 1.82) is 0 Å². The van der Waals surface area contributed by atoms with E-state index in [4.69, 9.17) is 0 Å². The van der Waals surface area contributed by atoms with E-state index in [2.05, 4.69) is 49.5 Å². The number of hydrogen-bond donors (Lipinski definition) is 1. The van der Waals surface area contributed by atoms with Crippen molar-refractivity contribution in [2.75, 3.05) is 6.54 Å². The minimum absolute atomic E-state index is 0.745. The highest BCUT2D eigenvalue weighted by molar-refractivity contribution is 5.27. The smallest absolute Gasteiger partial charge is 0.0143 e. The molecule has 16 heavy (non-hydrogen) atoms. The summed E-state index contributed by atoms with van der Waals surface area (Å²) in [4.78, 5) is 0. The Bertz CT molecular complexity index is 304. The zero-order valence-corrected chi connectivity index (χ0v) is 10.4. The Morgan fingerprint density at radius 2 is 2.00 bits per heavy atom. The van der Waals surface area contributed by atoms with Crippen molar-refractivity contribution >= 4 is 0 Å². The van der Waals surface area contributed by atoms with Crippen molar-refractivity contribution in [3.63, 3.8) is 0 Å². The van der Waals surface area contributed by atoms with Crippen molar-refractivity contribution in [2.45, 2.75) is 45.1 Å². The standard InChI is InChI=1S/C15H23N/c1-12(2)7-6-10-16-15-11-14(15)13-8-4-3-5-9-13/h3-5,8-9,12,14-16H,6-7,10-11H2,1-2H3. The Morgan fingerprint density at radius 3 is 2.69 bits per heavy atom. The van der Waals surface area contributed by atoms with E-state index in [0.717, 1.165) is 17.9 Å². The molecular weight excluding hydrogens is 194 g/mol. The van der Waals surface area contributed by atoms with E-state index in [-0.39, 0.29) is 0 Å². The van der Waals surface area contributed by atoms with E-state index in [1.54, 1.807) is 0 Å². The molecule has 0 aliphatic heterocycles. The molecule has 1 aliphatic rings. The van der Waals surface area contributed by atoms with Crippen LogP contribution in [0.4, 0.5) is 0 Å². The van der Waals surface area contributed by atoms with Crippen LogP contribution in [0, 0.1) is 5.92 Å². The Balaban J connectivity index is 1.65. The molecule has 1 N–H and O–H groups in total. The third-order valence-corrected chi connectivity index (χ3v) is 3.38. The van der Waals surface area contributed by atoms with Gasteiger partial charge in [-0.1, -0.05) is 44.2 Å². The van der Waals surface area contributed by atoms with Crippen molar-refractivity contribution in [2.24, 2.45) is 5.92 Å². The van der Waals surface area contributed by atoms with Gasteiger partial charge in [0.15, 0.2) is 0 Å². The molecule has 2 rings (SSSR count). The van der Waals surface area contributed by atoms with Crippen LogP contribution in [0.15, 0.2) is 30.3 Å². The lowest BCUT2D eigenvalue weighted by Gasteiger charge is -2.06. The van der Waals surface area contributed by atoms with E-state index in [1.807, 2.05) is 0 Å². The van der Waals surface area contributed by atoms with Gasteiger partial charge in [0.05, 0.1) is 0 Å². The molecule has 0 bridgehead atoms. The number of benzene rings is 1. The first kappa shape index (κ1) is 11.7. The minimum atomic E-state index is 0.745. The molecule has 1 aromatic rings. The second-order valence-corrected chi connectivity index (χ2v) is 5.35. The molecule has 1 nitrogen and oxygen atoms in total. The monoisotopic (exact) mass is 217 g/mol. The number of nitrogens with one attached hydrogen (secondary N) is 1. The molecule has 0 aromatic heterocycles. The van der Waals surface area contributed by atoms with Crippen LogP contribution in [-0.2, 0) is 0 Å². The van der Waals surface area contributed by atoms with Gasteiger partial charge in [0.1, 0.15) is 0 Å². The highest BCUT2D eigenvalue weighted by atomic mass is 15.0. The molecule has 1 aliphatic carbocycles. The summed E-state index contributed by atoms with van der Waals surface area (Å²) in [6.07, 6.45) is 3.98. The van der Waals surface area contributed by atoms with Crippen LogP contribution in [0.25, 0.3) is 0 Å². The summed E-state index contributed by atoms with van der Waals surface area (Å²) in [5.74, 6) is 1.62. The van der Waals surface area contributed by atoms with Crippen LogP contribution in [0.5, 0.6) is 0 Å². The largest absolute Gasteiger partial charge is 0.313 e. The maximum Gasteiger partial charge on any atom is 0.0143 e. The second kappa shape index (κ2) is 5.49. The van der Waals surface area contributed by atoms with Gasteiger partial charge >= 0.3 is 0 Å². The van der Waals surface area contributed by atoms with E-state index in [9.17, 15) is 0 Å². The normalized spacial score (nSPS) is 23.7. The van der Waals surface area contributed by atoms with Gasteiger partial charge in [-0.05, 0) is 37.3 Å². The predicted molar refractivity (Wildman–Crippen MR) is 69.7 cm³/mol. The van der Waals surface area contributed by atoms with Crippen molar-refractivity contribution in [3.8, 4) is 0 Å². The maximum atomic E-state index is 3.66. The Hall–Kier alpha value is -0.820. The van der Waals surface area contributed by atoms with Gasteiger partial charge in [0, 0.05) is 12.0 Å². The van der Waals surface area contributed by atoms with Gasteiger partial charge in [-0.15, -0.1) is 0 Å². The fraction of sp³-hybridized carbons (Fsp3) is 0.600. The zero-order valence-electron chi connectivity index (χ0n) is 10.4. The fourth-order valence-corrected chi connectivity index (χ4v) is 2.29. The summed E-state index contributed by atoms with van der Waals surface area (Å²) in [7, 11) is 0. The number of hydrogen-bond acceptors (Lipinski definition) is 1. The Morgan fingerprint density at radius 1 is 1.25 bits per heavy atom. The molecule has 1 aromatic carbocycles.